The molecule has 0 aliphatic carbocycles. The first-order chi connectivity index (χ1) is 13.3. The maximum atomic E-state index is 13.0. The predicted molar refractivity (Wildman–Crippen MR) is 99.2 cm³/mol. The third kappa shape index (κ3) is 4.35. The number of piperidine rings is 2. The van der Waals surface area contributed by atoms with E-state index in [-0.39, 0.29) is 41.7 Å². The van der Waals surface area contributed by atoms with E-state index >= 15 is 0 Å². The largest absolute Gasteiger partial charge is 0.469 e. The number of sulfonamides is 1. The second kappa shape index (κ2) is 8.57. The van der Waals surface area contributed by atoms with Gasteiger partial charge in [-0.1, -0.05) is 0 Å². The van der Waals surface area contributed by atoms with Gasteiger partial charge < -0.3 is 9.64 Å². The van der Waals surface area contributed by atoms with Crippen molar-refractivity contribution in [2.45, 2.75) is 30.6 Å². The fourth-order valence-electron chi connectivity index (χ4n) is 3.86. The first kappa shape index (κ1) is 20.7. The molecule has 1 amide bonds. The molecule has 0 aromatic heterocycles. The van der Waals surface area contributed by atoms with Crippen LogP contribution < -0.4 is 0 Å². The van der Waals surface area contributed by atoms with E-state index in [1.807, 2.05) is 0 Å². The average Bonchev–Trinajstić information content (AvgIpc) is 2.73. The van der Waals surface area contributed by atoms with Gasteiger partial charge in [-0.15, -0.1) is 0 Å². The minimum Gasteiger partial charge on any atom is -0.469 e. The van der Waals surface area contributed by atoms with Crippen LogP contribution in [0.5, 0.6) is 0 Å². The van der Waals surface area contributed by atoms with E-state index in [2.05, 4.69) is 0 Å². The highest BCUT2D eigenvalue weighted by Gasteiger charge is 2.35. The third-order valence-electron chi connectivity index (χ3n) is 5.60. The maximum Gasteiger partial charge on any atom is 0.308 e. The van der Waals surface area contributed by atoms with Crippen molar-refractivity contribution in [2.75, 3.05) is 33.3 Å². The van der Waals surface area contributed by atoms with Gasteiger partial charge in [0.1, 0.15) is 5.82 Å². The van der Waals surface area contributed by atoms with Gasteiger partial charge in [0.05, 0.1) is 17.9 Å². The van der Waals surface area contributed by atoms with Crippen molar-refractivity contribution in [3.8, 4) is 0 Å². The molecular formula is C19H25FN2O5S. The highest BCUT2D eigenvalue weighted by molar-refractivity contribution is 7.89. The zero-order valence-corrected chi connectivity index (χ0v) is 16.7. The number of likely N-dealkylation sites (tertiary alicyclic amines) is 1. The Hall–Kier alpha value is -2.00. The topological polar surface area (TPSA) is 84.0 Å². The number of amides is 1. The summed E-state index contributed by atoms with van der Waals surface area (Å²) in [7, 11) is -2.31. The average molecular weight is 412 g/mol. The number of ether oxygens (including phenoxy) is 1. The Bertz CT molecular complexity index is 811. The lowest BCUT2D eigenvalue weighted by atomic mass is 9.92. The van der Waals surface area contributed by atoms with Gasteiger partial charge in [0.25, 0.3) is 0 Å². The number of rotatable bonds is 4. The molecule has 1 aromatic carbocycles. The number of benzene rings is 1. The predicted octanol–water partition coefficient (Wildman–Crippen LogP) is 1.64. The molecule has 0 atom stereocenters. The molecule has 0 spiro atoms. The van der Waals surface area contributed by atoms with E-state index < -0.39 is 15.8 Å². The Morgan fingerprint density at radius 1 is 0.964 bits per heavy atom. The monoisotopic (exact) mass is 412 g/mol. The van der Waals surface area contributed by atoms with Crippen molar-refractivity contribution in [1.82, 2.24) is 9.21 Å². The second-order valence-corrected chi connectivity index (χ2v) is 9.19. The molecule has 0 saturated carbocycles. The Kier molecular flexibility index (Phi) is 6.34. The van der Waals surface area contributed by atoms with Crippen LogP contribution in [0.15, 0.2) is 29.2 Å². The molecule has 2 aliphatic heterocycles. The standard InChI is InChI=1S/C19H25FN2O5S/c1-27-19(24)15-6-10-21(11-7-15)18(23)14-8-12-22(13-9-14)28(25,26)17-4-2-16(20)3-5-17/h2-5,14-15H,6-13H2,1H3. The molecule has 154 valence electrons. The molecule has 7 nitrogen and oxygen atoms in total. The SMILES string of the molecule is COC(=O)C1CCN(C(=O)C2CCN(S(=O)(=O)c3ccc(F)cc3)CC2)CC1. The number of esters is 1. The van der Waals surface area contributed by atoms with Gasteiger partial charge in [-0.25, -0.2) is 12.8 Å². The molecule has 0 unspecified atom stereocenters. The number of methoxy groups -OCH3 is 1. The van der Waals surface area contributed by atoms with Crippen LogP contribution in [-0.4, -0.2) is 62.8 Å². The van der Waals surface area contributed by atoms with Gasteiger partial charge in [-0.05, 0) is 49.9 Å². The number of halogens is 1. The molecule has 0 N–H and O–H groups in total. The van der Waals surface area contributed by atoms with E-state index in [9.17, 15) is 22.4 Å². The summed E-state index contributed by atoms with van der Waals surface area (Å²) in [5.41, 5.74) is 0. The highest BCUT2D eigenvalue weighted by atomic mass is 32.2. The van der Waals surface area contributed by atoms with E-state index in [0.29, 0.717) is 38.8 Å². The van der Waals surface area contributed by atoms with Crippen molar-refractivity contribution >= 4 is 21.9 Å². The summed E-state index contributed by atoms with van der Waals surface area (Å²) >= 11 is 0. The van der Waals surface area contributed by atoms with Gasteiger partial charge in [-0.2, -0.15) is 4.31 Å². The summed E-state index contributed by atoms with van der Waals surface area (Å²) in [6.07, 6.45) is 2.10. The number of hydrogen-bond donors (Lipinski definition) is 0. The Labute approximate surface area is 164 Å². The lowest BCUT2D eigenvalue weighted by Crippen LogP contribution is -2.47. The van der Waals surface area contributed by atoms with E-state index in [1.165, 1.54) is 23.5 Å². The Morgan fingerprint density at radius 3 is 2.04 bits per heavy atom. The number of nitrogens with zero attached hydrogens (tertiary/aromatic N) is 2. The summed E-state index contributed by atoms with van der Waals surface area (Å²) in [6.45, 7) is 1.56. The van der Waals surface area contributed by atoms with Crippen LogP contribution in [0.25, 0.3) is 0 Å². The molecule has 2 aliphatic rings. The van der Waals surface area contributed by atoms with Crippen molar-refractivity contribution in [3.63, 3.8) is 0 Å². The van der Waals surface area contributed by atoms with Crippen molar-refractivity contribution in [3.05, 3.63) is 30.1 Å². The van der Waals surface area contributed by atoms with Gasteiger partial charge in [0, 0.05) is 32.1 Å². The maximum absolute atomic E-state index is 13.0. The normalized spacial score (nSPS) is 20.1. The lowest BCUT2D eigenvalue weighted by molar-refractivity contribution is -0.149. The van der Waals surface area contributed by atoms with Crippen molar-refractivity contribution < 1.29 is 27.1 Å². The first-order valence-electron chi connectivity index (χ1n) is 9.45. The molecule has 3 rings (SSSR count). The van der Waals surface area contributed by atoms with Crippen LogP contribution in [0, 0.1) is 17.7 Å². The molecule has 28 heavy (non-hydrogen) atoms. The Morgan fingerprint density at radius 2 is 1.50 bits per heavy atom. The molecule has 0 radical (unpaired) electrons. The molecular weight excluding hydrogens is 387 g/mol. The van der Waals surface area contributed by atoms with Crippen molar-refractivity contribution in [2.24, 2.45) is 11.8 Å². The summed E-state index contributed by atoms with van der Waals surface area (Å²) in [6, 6.07) is 4.77. The molecule has 2 fully saturated rings. The smallest absolute Gasteiger partial charge is 0.308 e. The Balaban J connectivity index is 1.54. The molecule has 9 heteroatoms. The second-order valence-electron chi connectivity index (χ2n) is 7.25. The molecule has 2 saturated heterocycles. The summed E-state index contributed by atoms with van der Waals surface area (Å²) in [5, 5.41) is 0. The molecule has 1 aromatic rings. The lowest BCUT2D eigenvalue weighted by Gasteiger charge is -2.36. The highest BCUT2D eigenvalue weighted by Crippen LogP contribution is 2.27. The van der Waals surface area contributed by atoms with Crippen molar-refractivity contribution in [1.29, 1.82) is 0 Å². The van der Waals surface area contributed by atoms with Gasteiger partial charge in [-0.3, -0.25) is 9.59 Å². The quantitative estimate of drug-likeness (QED) is 0.702. The van der Waals surface area contributed by atoms with Crippen LogP contribution in [0.4, 0.5) is 4.39 Å². The summed E-state index contributed by atoms with van der Waals surface area (Å²) in [5.74, 6) is -1.06. The van der Waals surface area contributed by atoms with E-state index in [0.717, 1.165) is 12.1 Å². The minimum atomic E-state index is -3.68. The summed E-state index contributed by atoms with van der Waals surface area (Å²) < 4.78 is 44.5. The van der Waals surface area contributed by atoms with Crippen LogP contribution in [0.2, 0.25) is 0 Å². The number of hydrogen-bond acceptors (Lipinski definition) is 5. The number of carbonyl (C=O) groups is 2. The van der Waals surface area contributed by atoms with Gasteiger partial charge in [0.15, 0.2) is 0 Å². The van der Waals surface area contributed by atoms with Crippen LogP contribution in [-0.2, 0) is 24.3 Å². The summed E-state index contributed by atoms with van der Waals surface area (Å²) in [4.78, 5) is 26.2. The minimum absolute atomic E-state index is 0.0298. The van der Waals surface area contributed by atoms with Crippen LogP contribution >= 0.6 is 0 Å². The molecule has 0 bridgehead atoms. The van der Waals surface area contributed by atoms with E-state index in [1.54, 1.807) is 4.90 Å². The number of carbonyl (C=O) groups excluding carboxylic acids is 2. The van der Waals surface area contributed by atoms with Gasteiger partial charge in [0.2, 0.25) is 15.9 Å². The van der Waals surface area contributed by atoms with E-state index in [4.69, 9.17) is 4.74 Å². The zero-order valence-electron chi connectivity index (χ0n) is 15.8. The van der Waals surface area contributed by atoms with Crippen LogP contribution in [0.1, 0.15) is 25.7 Å². The van der Waals surface area contributed by atoms with Crippen LogP contribution in [0.3, 0.4) is 0 Å². The zero-order chi connectivity index (χ0) is 20.3. The third-order valence-corrected chi connectivity index (χ3v) is 7.51. The first-order valence-corrected chi connectivity index (χ1v) is 10.9. The fraction of sp³-hybridized carbons (Fsp3) is 0.579. The van der Waals surface area contributed by atoms with Gasteiger partial charge >= 0.3 is 5.97 Å². The molecule has 2 heterocycles. The fourth-order valence-corrected chi connectivity index (χ4v) is 5.33.